The summed E-state index contributed by atoms with van der Waals surface area (Å²) in [6.07, 6.45) is 1.09. The average molecular weight is 635 g/mol. The van der Waals surface area contributed by atoms with Crippen LogP contribution >= 0.6 is 0 Å². The molecule has 2 atom stereocenters. The summed E-state index contributed by atoms with van der Waals surface area (Å²) in [7, 11) is -6.17. The maximum Gasteiger partial charge on any atom is 0.274 e. The van der Waals surface area contributed by atoms with E-state index in [1.807, 2.05) is 0 Å². The molecule has 0 bridgehead atoms. The van der Waals surface area contributed by atoms with Gasteiger partial charge in [-0.2, -0.15) is 4.31 Å². The largest absolute Gasteiger partial charge is 0.495 e. The van der Waals surface area contributed by atoms with Crippen LogP contribution < -0.4 is 15.4 Å². The van der Waals surface area contributed by atoms with Crippen molar-refractivity contribution in [2.45, 2.75) is 28.5 Å². The van der Waals surface area contributed by atoms with E-state index in [0.717, 1.165) is 41.7 Å². The van der Waals surface area contributed by atoms with Crippen molar-refractivity contribution >= 4 is 37.6 Å². The number of nitrogens with one attached hydrogen (secondary N) is 3. The van der Waals surface area contributed by atoms with Gasteiger partial charge in [0.15, 0.2) is 0 Å². The van der Waals surface area contributed by atoms with Crippen molar-refractivity contribution in [3.63, 3.8) is 0 Å². The Balaban J connectivity index is 1.57. The van der Waals surface area contributed by atoms with E-state index >= 15 is 4.39 Å². The number of pyridine rings is 1. The molecule has 228 valence electrons. The number of aromatic nitrogens is 1. The van der Waals surface area contributed by atoms with Gasteiger partial charge in [0.1, 0.15) is 27.8 Å². The molecule has 3 N–H and O–H groups in total. The third kappa shape index (κ3) is 4.78. The zero-order chi connectivity index (χ0) is 31.4. The highest BCUT2D eigenvalue weighted by atomic mass is 32.2. The van der Waals surface area contributed by atoms with Gasteiger partial charge in [0, 0.05) is 31.4 Å². The topological polar surface area (TPSA) is 162 Å². The first-order valence-corrected chi connectivity index (χ1v) is 15.8. The van der Waals surface area contributed by atoms with Crippen LogP contribution in [0.3, 0.4) is 0 Å². The Labute approximate surface area is 247 Å². The van der Waals surface area contributed by atoms with E-state index in [1.165, 1.54) is 44.5 Å². The number of carbonyl (C=O) groups is 1. The summed E-state index contributed by atoms with van der Waals surface area (Å²) >= 11 is 0. The van der Waals surface area contributed by atoms with Crippen LogP contribution in [0.4, 0.5) is 14.5 Å². The SMILES string of the molecule is COc1ccc(C(=O)Nc2ccc(F)c([C@@]3(C)NC(=N)N(C)S(=O)(=O)[C@]34CCN(S(=O)(=O)c3ccc(F)cc3)C4)c2)nc1. The molecule has 2 aliphatic heterocycles. The number of ether oxygens (including phenoxy) is 1. The summed E-state index contributed by atoms with van der Waals surface area (Å²) in [4.78, 5) is 16.7. The molecule has 3 aromatic rings. The maximum atomic E-state index is 15.7. The van der Waals surface area contributed by atoms with Crippen molar-refractivity contribution in [3.8, 4) is 5.75 Å². The summed E-state index contributed by atoms with van der Waals surface area (Å²) in [6.45, 7) is 0.537. The van der Waals surface area contributed by atoms with E-state index in [2.05, 4.69) is 15.6 Å². The molecule has 2 aliphatic rings. The Bertz CT molecular complexity index is 1820. The highest BCUT2D eigenvalue weighted by Crippen LogP contribution is 2.50. The van der Waals surface area contributed by atoms with Crippen LogP contribution in [0.15, 0.2) is 65.7 Å². The molecule has 0 unspecified atom stereocenters. The molecule has 0 aliphatic carbocycles. The van der Waals surface area contributed by atoms with Crippen molar-refractivity contribution in [1.29, 1.82) is 5.41 Å². The number of amides is 1. The van der Waals surface area contributed by atoms with Gasteiger partial charge in [-0.25, -0.2) is 34.9 Å². The molecule has 3 heterocycles. The van der Waals surface area contributed by atoms with Gasteiger partial charge in [0.2, 0.25) is 26.0 Å². The normalized spacial score (nSPS) is 23.7. The van der Waals surface area contributed by atoms with Gasteiger partial charge in [0.25, 0.3) is 5.91 Å². The average Bonchev–Trinajstić information content (AvgIpc) is 3.46. The first kappa shape index (κ1) is 30.3. The lowest BCUT2D eigenvalue weighted by Crippen LogP contribution is -2.74. The summed E-state index contributed by atoms with van der Waals surface area (Å²) in [5.41, 5.74) is -1.95. The fourth-order valence-corrected chi connectivity index (χ4v) is 9.26. The van der Waals surface area contributed by atoms with E-state index in [9.17, 15) is 26.0 Å². The van der Waals surface area contributed by atoms with Crippen molar-refractivity contribution in [1.82, 2.24) is 18.9 Å². The minimum atomic E-state index is -4.49. The maximum absolute atomic E-state index is 15.7. The third-order valence-corrected chi connectivity index (χ3v) is 12.6. The van der Waals surface area contributed by atoms with Crippen LogP contribution in [0.2, 0.25) is 0 Å². The summed E-state index contributed by atoms with van der Waals surface area (Å²) in [6, 6.07) is 10.7. The second kappa shape index (κ2) is 10.5. The van der Waals surface area contributed by atoms with E-state index in [0.29, 0.717) is 10.1 Å². The Morgan fingerprint density at radius 3 is 2.47 bits per heavy atom. The van der Waals surface area contributed by atoms with Gasteiger partial charge in [-0.1, -0.05) is 0 Å². The van der Waals surface area contributed by atoms with Crippen molar-refractivity contribution < 1.29 is 35.1 Å². The van der Waals surface area contributed by atoms with Crippen LogP contribution in [0, 0.1) is 17.0 Å². The quantitative estimate of drug-likeness (QED) is 0.373. The molecule has 2 saturated heterocycles. The number of rotatable bonds is 6. The highest BCUT2D eigenvalue weighted by Gasteiger charge is 2.67. The molecule has 5 rings (SSSR count). The van der Waals surface area contributed by atoms with E-state index < -0.39 is 60.4 Å². The number of methoxy groups -OCH3 is 1. The fourth-order valence-electron chi connectivity index (χ4n) is 5.53. The van der Waals surface area contributed by atoms with Gasteiger partial charge in [-0.05, 0) is 67.9 Å². The molecule has 0 saturated carbocycles. The van der Waals surface area contributed by atoms with Crippen LogP contribution in [0.1, 0.15) is 29.4 Å². The van der Waals surface area contributed by atoms with E-state index in [4.69, 9.17) is 10.1 Å². The number of halogens is 2. The highest BCUT2D eigenvalue weighted by molar-refractivity contribution is 7.91. The molecule has 2 aromatic carbocycles. The Kier molecular flexibility index (Phi) is 7.43. The summed E-state index contributed by atoms with van der Waals surface area (Å²) < 4.78 is 89.0. The number of benzene rings is 2. The van der Waals surface area contributed by atoms with Gasteiger partial charge >= 0.3 is 0 Å². The molecule has 43 heavy (non-hydrogen) atoms. The molecule has 1 spiro atoms. The molecule has 0 radical (unpaired) electrons. The van der Waals surface area contributed by atoms with Gasteiger partial charge in [-0.3, -0.25) is 10.2 Å². The molecular formula is C27H28F2N6O6S2. The lowest BCUT2D eigenvalue weighted by Gasteiger charge is -2.52. The lowest BCUT2D eigenvalue weighted by atomic mass is 9.77. The van der Waals surface area contributed by atoms with Gasteiger partial charge in [-0.15, -0.1) is 0 Å². The second-order valence-corrected chi connectivity index (χ2v) is 14.6. The van der Waals surface area contributed by atoms with Gasteiger partial charge in [0.05, 0.1) is 23.7 Å². The van der Waals surface area contributed by atoms with Crippen molar-refractivity contribution in [2.24, 2.45) is 0 Å². The van der Waals surface area contributed by atoms with E-state index in [1.54, 1.807) is 0 Å². The second-order valence-electron chi connectivity index (χ2n) is 10.3. The Morgan fingerprint density at radius 1 is 1.14 bits per heavy atom. The molecule has 2 fully saturated rings. The molecule has 12 nitrogen and oxygen atoms in total. The minimum Gasteiger partial charge on any atom is -0.495 e. The Hall–Kier alpha value is -4.15. The van der Waals surface area contributed by atoms with Crippen LogP contribution in [0.5, 0.6) is 5.75 Å². The van der Waals surface area contributed by atoms with Crippen LogP contribution in [-0.4, -0.2) is 74.3 Å². The monoisotopic (exact) mass is 634 g/mol. The first-order valence-electron chi connectivity index (χ1n) is 12.9. The number of carbonyl (C=O) groups excluding carboxylic acids is 1. The smallest absolute Gasteiger partial charge is 0.274 e. The van der Waals surface area contributed by atoms with Crippen LogP contribution in [0.25, 0.3) is 0 Å². The molecule has 1 aromatic heterocycles. The summed E-state index contributed by atoms with van der Waals surface area (Å²) in [5.74, 6) is -2.24. The van der Waals surface area contributed by atoms with Crippen molar-refractivity contribution in [3.05, 3.63) is 83.7 Å². The third-order valence-electron chi connectivity index (χ3n) is 8.06. The number of guanidine groups is 1. The minimum absolute atomic E-state index is 0.0357. The van der Waals surface area contributed by atoms with E-state index in [-0.39, 0.29) is 34.8 Å². The van der Waals surface area contributed by atoms with Crippen molar-refractivity contribution in [2.75, 3.05) is 32.6 Å². The predicted molar refractivity (Wildman–Crippen MR) is 153 cm³/mol. The number of hydrogen-bond donors (Lipinski definition) is 3. The summed E-state index contributed by atoms with van der Waals surface area (Å²) in [5, 5.41) is 13.8. The number of hydrogen-bond acceptors (Lipinski definition) is 8. The van der Waals surface area contributed by atoms with Crippen LogP contribution in [-0.2, 0) is 25.6 Å². The standard InChI is InChI=1S/C27H28F2N6O6S2/c1-26(21-14-18(6-10-22(21)29)32-24(36)23-11-7-19(41-3)15-31-23)27(43(39,40)34(2)25(30)33-26)12-13-35(16-27)42(37,38)20-8-4-17(28)5-9-20/h4-11,14-15H,12-13,16H2,1-3H3,(H2,30,33)(H,32,36)/t26-,27+/m1/s1. The lowest BCUT2D eigenvalue weighted by molar-refractivity contribution is 0.102. The van der Waals surface area contributed by atoms with Gasteiger partial charge < -0.3 is 15.4 Å². The first-order chi connectivity index (χ1) is 20.2. The predicted octanol–water partition coefficient (Wildman–Crippen LogP) is 2.47. The number of anilines is 1. The molecular weight excluding hydrogens is 606 g/mol. The number of sulfonamides is 2. The Morgan fingerprint density at radius 2 is 1.84 bits per heavy atom. The molecule has 16 heteroatoms. The zero-order valence-electron chi connectivity index (χ0n) is 23.3. The fraction of sp³-hybridized carbons (Fsp3) is 0.296. The zero-order valence-corrected chi connectivity index (χ0v) is 24.9. The number of nitrogens with zero attached hydrogens (tertiary/aromatic N) is 3. The molecule has 1 amide bonds.